The molecule has 2 aliphatic rings. The summed E-state index contributed by atoms with van der Waals surface area (Å²) in [5.41, 5.74) is 22.1. The first-order valence-electron chi connectivity index (χ1n) is 21.6. The van der Waals surface area contributed by atoms with Crippen LogP contribution >= 0.6 is 0 Å². The molecule has 0 saturated heterocycles. The first-order valence-corrected chi connectivity index (χ1v) is 21.6. The van der Waals surface area contributed by atoms with Crippen LogP contribution in [0.5, 0.6) is 0 Å². The molecule has 0 heteroatoms. The minimum Gasteiger partial charge on any atom is -0.0654 e. The summed E-state index contributed by atoms with van der Waals surface area (Å²) >= 11 is 0. The lowest BCUT2D eigenvalue weighted by Crippen LogP contribution is -2.21. The number of fused-ring (bicyclic) bond motifs is 6. The fraction of sp³-hybridized carbons (Fsp3) is 0.321. The second kappa shape index (κ2) is 15.9. The molecule has 6 aromatic carbocycles. The summed E-state index contributed by atoms with van der Waals surface area (Å²) in [6.07, 6.45) is 17.0. The van der Waals surface area contributed by atoms with Crippen LogP contribution in [-0.4, -0.2) is 0 Å². The second-order valence-corrected chi connectivity index (χ2v) is 17.5. The van der Waals surface area contributed by atoms with Crippen molar-refractivity contribution in [3.63, 3.8) is 0 Å². The molecule has 0 nitrogen and oxygen atoms in total. The monoisotopic (exact) mass is 732 g/mol. The number of unbranched alkanes of at least 4 members (excludes halogenated alkanes) is 6. The molecule has 6 aromatic rings. The topological polar surface area (TPSA) is 0 Å². The van der Waals surface area contributed by atoms with E-state index in [2.05, 4.69) is 175 Å². The Morgan fingerprint density at radius 3 is 1.18 bits per heavy atom. The maximum Gasteiger partial charge on any atom is 0.0187 e. The van der Waals surface area contributed by atoms with Gasteiger partial charge >= 0.3 is 0 Å². The third kappa shape index (κ3) is 7.13. The van der Waals surface area contributed by atoms with Gasteiger partial charge in [0.2, 0.25) is 0 Å². The molecule has 0 fully saturated rings. The van der Waals surface area contributed by atoms with E-state index in [-0.39, 0.29) is 10.8 Å². The minimum absolute atomic E-state index is 0.0349. The molecule has 0 saturated carbocycles. The highest BCUT2D eigenvalue weighted by Crippen LogP contribution is 2.55. The summed E-state index contributed by atoms with van der Waals surface area (Å²) in [5, 5.41) is 0. The van der Waals surface area contributed by atoms with Crippen LogP contribution in [0.25, 0.3) is 56.7 Å². The average Bonchev–Trinajstić information content (AvgIpc) is 3.61. The van der Waals surface area contributed by atoms with Gasteiger partial charge in [0.25, 0.3) is 0 Å². The molecule has 56 heavy (non-hydrogen) atoms. The molecule has 8 rings (SSSR count). The smallest absolute Gasteiger partial charge is 0.0187 e. The van der Waals surface area contributed by atoms with Gasteiger partial charge in [-0.2, -0.15) is 0 Å². The Morgan fingerprint density at radius 2 is 0.732 bits per heavy atom. The zero-order valence-corrected chi connectivity index (χ0v) is 34.8. The van der Waals surface area contributed by atoms with Crippen molar-refractivity contribution >= 4 is 12.2 Å². The van der Waals surface area contributed by atoms with Crippen molar-refractivity contribution in [2.45, 2.75) is 117 Å². The molecule has 0 heterocycles. The first kappa shape index (κ1) is 38.0. The van der Waals surface area contributed by atoms with Gasteiger partial charge in [-0.3, -0.25) is 0 Å². The van der Waals surface area contributed by atoms with E-state index < -0.39 is 0 Å². The van der Waals surface area contributed by atoms with Gasteiger partial charge in [0.15, 0.2) is 0 Å². The number of hydrogen-bond acceptors (Lipinski definition) is 0. The van der Waals surface area contributed by atoms with Gasteiger partial charge in [-0.15, -0.1) is 0 Å². The fourth-order valence-electron chi connectivity index (χ4n) is 9.89. The Balaban J connectivity index is 1.13. The van der Waals surface area contributed by atoms with Crippen molar-refractivity contribution in [2.75, 3.05) is 0 Å². The Hall–Kier alpha value is -4.94. The van der Waals surface area contributed by atoms with Crippen LogP contribution in [0.2, 0.25) is 0 Å². The zero-order chi connectivity index (χ0) is 38.9. The molecule has 2 aliphatic carbocycles. The number of aryl methyl sites for hydroxylation is 2. The van der Waals surface area contributed by atoms with Crippen molar-refractivity contribution in [2.24, 2.45) is 0 Å². The predicted molar refractivity (Wildman–Crippen MR) is 243 cm³/mol. The quantitative estimate of drug-likeness (QED) is 0.0773. The molecule has 2 atom stereocenters. The molecular weight excluding hydrogens is 673 g/mol. The zero-order valence-electron chi connectivity index (χ0n) is 34.8. The van der Waals surface area contributed by atoms with Crippen LogP contribution in [0.4, 0.5) is 0 Å². The van der Waals surface area contributed by atoms with E-state index in [1.54, 1.807) is 0 Å². The lowest BCUT2D eigenvalue weighted by molar-refractivity contribution is 0.486. The Labute approximate surface area is 337 Å². The first-order chi connectivity index (χ1) is 27.2. The van der Waals surface area contributed by atoms with E-state index in [4.69, 9.17) is 0 Å². The van der Waals surface area contributed by atoms with Crippen molar-refractivity contribution in [3.8, 4) is 44.5 Å². The molecule has 0 bridgehead atoms. The van der Waals surface area contributed by atoms with E-state index in [1.165, 1.54) is 147 Å². The van der Waals surface area contributed by atoms with Crippen molar-refractivity contribution in [1.29, 1.82) is 0 Å². The van der Waals surface area contributed by atoms with Crippen molar-refractivity contribution < 1.29 is 0 Å². The number of benzene rings is 6. The maximum absolute atomic E-state index is 2.57. The standard InChI is InChI=1S/C56H60/c1-7-9-11-13-33-55(5)51-35-40(4)17-29-47(51)48-31-27-45(37-53(48)55)46-28-32-50-49-30-26-44(36-52(49)56(6,54(50)38-46)34-14-12-10-8-2)43-24-22-42(23-25-43)21-20-41-18-15-39(3)16-19-41/h15-32,35-38H,7-14,33-34H2,1-6H3/b21-20+. The van der Waals surface area contributed by atoms with E-state index in [0.29, 0.717) is 0 Å². The largest absolute Gasteiger partial charge is 0.0654 e. The fourth-order valence-corrected chi connectivity index (χ4v) is 9.89. The average molecular weight is 733 g/mol. The van der Waals surface area contributed by atoms with Gasteiger partial charge in [-0.1, -0.05) is 205 Å². The maximum atomic E-state index is 2.57. The van der Waals surface area contributed by atoms with Crippen molar-refractivity contribution in [1.82, 2.24) is 0 Å². The predicted octanol–water partition coefficient (Wildman–Crippen LogP) is 16.3. The van der Waals surface area contributed by atoms with Gasteiger partial charge in [-0.05, 0) is 123 Å². The van der Waals surface area contributed by atoms with E-state index in [0.717, 1.165) is 6.42 Å². The van der Waals surface area contributed by atoms with Crippen LogP contribution < -0.4 is 0 Å². The summed E-state index contributed by atoms with van der Waals surface area (Å²) in [6, 6.07) is 47.0. The molecular formula is C56H60. The summed E-state index contributed by atoms with van der Waals surface area (Å²) in [5.74, 6) is 0. The normalized spacial score (nSPS) is 17.9. The third-order valence-electron chi connectivity index (χ3n) is 13.4. The SMILES string of the molecule is CCCCCCC1(C)c2cc(C)ccc2-c2ccc(-c3ccc4c(c3)C(C)(CCCCCC)c3cc(-c5ccc(/C=C/c6ccc(C)cc6)cc5)ccc3-4)cc21. The summed E-state index contributed by atoms with van der Waals surface area (Å²) < 4.78 is 0. The molecule has 0 radical (unpaired) electrons. The highest BCUT2D eigenvalue weighted by Gasteiger charge is 2.41. The van der Waals surface area contributed by atoms with E-state index in [1.807, 2.05) is 0 Å². The van der Waals surface area contributed by atoms with Gasteiger partial charge in [0.1, 0.15) is 0 Å². The third-order valence-corrected chi connectivity index (χ3v) is 13.4. The highest BCUT2D eigenvalue weighted by molar-refractivity contribution is 5.88. The summed E-state index contributed by atoms with van der Waals surface area (Å²) in [4.78, 5) is 0. The summed E-state index contributed by atoms with van der Waals surface area (Å²) in [6.45, 7) is 14.1. The number of hydrogen-bond donors (Lipinski definition) is 0. The molecule has 0 spiro atoms. The van der Waals surface area contributed by atoms with Crippen molar-refractivity contribution in [3.05, 3.63) is 166 Å². The summed E-state index contributed by atoms with van der Waals surface area (Å²) in [7, 11) is 0. The molecule has 2 unspecified atom stereocenters. The van der Waals surface area contributed by atoms with Gasteiger partial charge in [0.05, 0.1) is 0 Å². The number of rotatable bonds is 14. The van der Waals surface area contributed by atoms with E-state index in [9.17, 15) is 0 Å². The molecule has 284 valence electrons. The van der Waals surface area contributed by atoms with Crippen LogP contribution in [0, 0.1) is 13.8 Å². The lowest BCUT2D eigenvalue weighted by atomic mass is 9.74. The van der Waals surface area contributed by atoms with E-state index >= 15 is 0 Å². The van der Waals surface area contributed by atoms with Crippen LogP contribution in [0.3, 0.4) is 0 Å². The van der Waals surface area contributed by atoms with Crippen LogP contribution in [0.15, 0.2) is 121 Å². The van der Waals surface area contributed by atoms with Crippen LogP contribution in [0.1, 0.15) is 136 Å². The van der Waals surface area contributed by atoms with Crippen LogP contribution in [-0.2, 0) is 10.8 Å². The molecule has 0 aliphatic heterocycles. The minimum atomic E-state index is -0.0422. The lowest BCUT2D eigenvalue weighted by Gasteiger charge is -2.29. The Bertz CT molecular complexity index is 2370. The Morgan fingerprint density at radius 1 is 0.375 bits per heavy atom. The van der Waals surface area contributed by atoms with Gasteiger partial charge in [-0.25, -0.2) is 0 Å². The second-order valence-electron chi connectivity index (χ2n) is 17.5. The molecule has 0 amide bonds. The highest BCUT2D eigenvalue weighted by atomic mass is 14.4. The Kier molecular flexibility index (Phi) is 10.8. The molecule has 0 aromatic heterocycles. The van der Waals surface area contributed by atoms with Gasteiger partial charge < -0.3 is 0 Å². The molecule has 0 N–H and O–H groups in total. The van der Waals surface area contributed by atoms with Gasteiger partial charge in [0, 0.05) is 10.8 Å².